The molecule has 5 rings (SSSR count). The van der Waals surface area contributed by atoms with Gasteiger partial charge in [-0.1, -0.05) is 24.3 Å². The number of ketones is 2. The summed E-state index contributed by atoms with van der Waals surface area (Å²) in [7, 11) is 0. The van der Waals surface area contributed by atoms with Gasteiger partial charge in [0.25, 0.3) is 0 Å². The molecule has 1 aromatic heterocycles. The second kappa shape index (κ2) is 11.9. The maximum absolute atomic E-state index is 13.6. The Morgan fingerprint density at radius 2 is 1.90 bits per heavy atom. The third-order valence-corrected chi connectivity index (χ3v) is 8.22. The van der Waals surface area contributed by atoms with E-state index in [1.807, 2.05) is 31.3 Å². The lowest BCUT2D eigenvalue weighted by atomic mass is 9.77. The minimum absolute atomic E-state index is 0.0101. The molecule has 4 N–H and O–H groups in total. The fourth-order valence-corrected chi connectivity index (χ4v) is 5.86. The number of rotatable bonds is 9. The number of nitrogens with zero attached hydrogens (tertiary/aromatic N) is 1. The van der Waals surface area contributed by atoms with Gasteiger partial charge in [-0.25, -0.2) is 0 Å². The average molecular weight is 525 g/mol. The molecule has 0 spiro atoms. The highest BCUT2D eigenvalue weighted by molar-refractivity contribution is 6.09. The zero-order valence-electron chi connectivity index (χ0n) is 22.4. The SMILES string of the molecule is Cc1cnccc1-c1cccc(C[C@H](CC(=O)C2CCC(CN)CC2)C(=O)Nc2ccc3c(c2)NCC3=O)c1. The van der Waals surface area contributed by atoms with Gasteiger partial charge in [-0.05, 0) is 98.0 Å². The largest absolute Gasteiger partial charge is 0.377 e. The zero-order valence-corrected chi connectivity index (χ0v) is 22.4. The number of aryl methyl sites for hydroxylation is 1. The molecule has 7 nitrogen and oxygen atoms in total. The summed E-state index contributed by atoms with van der Waals surface area (Å²) in [5, 5.41) is 6.09. The summed E-state index contributed by atoms with van der Waals surface area (Å²) in [6.07, 6.45) is 7.90. The van der Waals surface area contributed by atoms with Gasteiger partial charge in [0.2, 0.25) is 5.91 Å². The van der Waals surface area contributed by atoms with Crippen LogP contribution in [0.4, 0.5) is 11.4 Å². The zero-order chi connectivity index (χ0) is 27.4. The molecule has 1 aliphatic heterocycles. The molecule has 3 aromatic rings. The normalized spacial score (nSPS) is 19.2. The second-order valence-corrected chi connectivity index (χ2v) is 10.9. The fraction of sp³-hybridized carbons (Fsp3) is 0.375. The molecule has 1 atom stereocenters. The smallest absolute Gasteiger partial charge is 0.228 e. The molecule has 202 valence electrons. The van der Waals surface area contributed by atoms with Crippen molar-refractivity contribution in [2.75, 3.05) is 23.7 Å². The lowest BCUT2D eigenvalue weighted by molar-refractivity contribution is -0.129. The standard InChI is InChI=1S/C32H36N4O3/c1-20-18-34-12-11-27(20)24-4-2-3-22(13-24)14-25(15-30(37)23-7-5-21(17-33)6-8-23)32(39)36-26-9-10-28-29(16-26)35-19-31(28)38/h2-4,9-13,16,18,21,23,25,35H,5-8,14-15,17,19,33H2,1H3,(H,36,39)/t21?,23?,25-/m1/s1. The summed E-state index contributed by atoms with van der Waals surface area (Å²) in [6.45, 7) is 2.96. The molecule has 39 heavy (non-hydrogen) atoms. The number of hydrogen-bond acceptors (Lipinski definition) is 6. The van der Waals surface area contributed by atoms with Crippen molar-refractivity contribution in [1.29, 1.82) is 0 Å². The van der Waals surface area contributed by atoms with Crippen molar-refractivity contribution < 1.29 is 14.4 Å². The molecule has 0 unspecified atom stereocenters. The van der Waals surface area contributed by atoms with Gasteiger partial charge in [0.15, 0.2) is 5.78 Å². The molecule has 2 aromatic carbocycles. The van der Waals surface area contributed by atoms with Crippen molar-refractivity contribution in [2.45, 2.75) is 45.4 Å². The molecule has 2 aliphatic rings. The van der Waals surface area contributed by atoms with Crippen LogP contribution in [-0.4, -0.2) is 35.5 Å². The first-order chi connectivity index (χ1) is 18.9. The van der Waals surface area contributed by atoms with Gasteiger partial charge in [-0.15, -0.1) is 0 Å². The summed E-state index contributed by atoms with van der Waals surface area (Å²) < 4.78 is 0. The van der Waals surface area contributed by atoms with E-state index >= 15 is 0 Å². The van der Waals surface area contributed by atoms with Gasteiger partial charge in [0, 0.05) is 47.6 Å². The van der Waals surface area contributed by atoms with E-state index in [2.05, 4.69) is 27.8 Å². The summed E-state index contributed by atoms with van der Waals surface area (Å²) in [6, 6.07) is 15.4. The van der Waals surface area contributed by atoms with E-state index in [1.54, 1.807) is 24.4 Å². The van der Waals surface area contributed by atoms with E-state index in [-0.39, 0.29) is 36.4 Å². The number of hydrogen-bond donors (Lipinski definition) is 3. The molecular formula is C32H36N4O3. The number of nitrogens with one attached hydrogen (secondary N) is 2. The van der Waals surface area contributed by atoms with E-state index in [0.717, 1.165) is 53.6 Å². The number of amides is 1. The maximum atomic E-state index is 13.6. The van der Waals surface area contributed by atoms with E-state index in [4.69, 9.17) is 5.73 Å². The number of carbonyl (C=O) groups excluding carboxylic acids is 3. The van der Waals surface area contributed by atoms with Crippen LogP contribution in [0.5, 0.6) is 0 Å². The van der Waals surface area contributed by atoms with Crippen LogP contribution in [0.15, 0.2) is 60.9 Å². The maximum Gasteiger partial charge on any atom is 0.228 e. The highest BCUT2D eigenvalue weighted by atomic mass is 16.2. The Hall–Kier alpha value is -3.84. The van der Waals surface area contributed by atoms with Crippen molar-refractivity contribution in [2.24, 2.45) is 23.5 Å². The number of Topliss-reactive ketones (excluding diaryl/α,β-unsaturated/α-hetero) is 2. The van der Waals surface area contributed by atoms with E-state index in [9.17, 15) is 14.4 Å². The van der Waals surface area contributed by atoms with Crippen LogP contribution in [0, 0.1) is 24.7 Å². The molecule has 2 heterocycles. The predicted octanol–water partition coefficient (Wildman–Crippen LogP) is 5.19. The molecule has 0 radical (unpaired) electrons. The Balaban J connectivity index is 1.36. The summed E-state index contributed by atoms with van der Waals surface area (Å²) in [4.78, 5) is 43.2. The molecule has 1 fully saturated rings. The fourth-order valence-electron chi connectivity index (χ4n) is 5.86. The lowest BCUT2D eigenvalue weighted by Gasteiger charge is -2.28. The summed E-state index contributed by atoms with van der Waals surface area (Å²) in [5.41, 5.74) is 12.1. The quantitative estimate of drug-likeness (QED) is 0.355. The topological polar surface area (TPSA) is 114 Å². The minimum Gasteiger partial charge on any atom is -0.377 e. The highest BCUT2D eigenvalue weighted by Crippen LogP contribution is 2.32. The molecule has 0 bridgehead atoms. The number of carbonyl (C=O) groups is 3. The van der Waals surface area contributed by atoms with E-state index in [0.29, 0.717) is 30.1 Å². The molecule has 1 saturated carbocycles. The Bertz CT molecular complexity index is 1380. The Morgan fingerprint density at radius 1 is 1.08 bits per heavy atom. The van der Waals surface area contributed by atoms with Crippen molar-refractivity contribution >= 4 is 28.8 Å². The number of pyridine rings is 1. The number of benzene rings is 2. The van der Waals surface area contributed by atoms with Crippen LogP contribution < -0.4 is 16.4 Å². The van der Waals surface area contributed by atoms with Gasteiger partial charge in [0.05, 0.1) is 6.54 Å². The van der Waals surface area contributed by atoms with Crippen molar-refractivity contribution in [3.63, 3.8) is 0 Å². The number of aromatic nitrogens is 1. The van der Waals surface area contributed by atoms with Gasteiger partial charge >= 0.3 is 0 Å². The molecule has 1 amide bonds. The van der Waals surface area contributed by atoms with Gasteiger partial charge in [-0.2, -0.15) is 0 Å². The minimum atomic E-state index is -0.513. The van der Waals surface area contributed by atoms with Crippen LogP contribution in [-0.2, 0) is 16.0 Å². The monoisotopic (exact) mass is 524 g/mol. The molecule has 0 saturated heterocycles. The third kappa shape index (κ3) is 6.25. The van der Waals surface area contributed by atoms with E-state index < -0.39 is 5.92 Å². The highest BCUT2D eigenvalue weighted by Gasteiger charge is 2.30. The van der Waals surface area contributed by atoms with Crippen LogP contribution in [0.1, 0.15) is 53.6 Å². The number of anilines is 2. The molecular weight excluding hydrogens is 488 g/mol. The lowest BCUT2D eigenvalue weighted by Crippen LogP contribution is -2.31. The summed E-state index contributed by atoms with van der Waals surface area (Å²) >= 11 is 0. The number of fused-ring (bicyclic) bond motifs is 1. The van der Waals surface area contributed by atoms with Gasteiger partial charge < -0.3 is 16.4 Å². The van der Waals surface area contributed by atoms with E-state index in [1.165, 1.54) is 0 Å². The van der Waals surface area contributed by atoms with Crippen LogP contribution in [0.25, 0.3) is 11.1 Å². The van der Waals surface area contributed by atoms with Gasteiger partial charge in [0.1, 0.15) is 5.78 Å². The number of nitrogens with two attached hydrogens (primary N) is 1. The van der Waals surface area contributed by atoms with Crippen LogP contribution >= 0.6 is 0 Å². The first-order valence-electron chi connectivity index (χ1n) is 13.9. The third-order valence-electron chi connectivity index (χ3n) is 8.22. The first kappa shape index (κ1) is 26.8. The van der Waals surface area contributed by atoms with Gasteiger partial charge in [-0.3, -0.25) is 19.4 Å². The van der Waals surface area contributed by atoms with Crippen molar-refractivity contribution in [1.82, 2.24) is 4.98 Å². The second-order valence-electron chi connectivity index (χ2n) is 10.9. The average Bonchev–Trinajstić information content (AvgIpc) is 3.32. The Labute approximate surface area is 229 Å². The first-order valence-corrected chi connectivity index (χ1v) is 13.9. The predicted molar refractivity (Wildman–Crippen MR) is 154 cm³/mol. The Kier molecular flexibility index (Phi) is 8.17. The molecule has 1 aliphatic carbocycles. The van der Waals surface area contributed by atoms with Crippen LogP contribution in [0.2, 0.25) is 0 Å². The van der Waals surface area contributed by atoms with Crippen molar-refractivity contribution in [3.05, 3.63) is 77.6 Å². The summed E-state index contributed by atoms with van der Waals surface area (Å²) in [5.74, 6) is -0.0138. The molecule has 7 heteroatoms. The van der Waals surface area contributed by atoms with Crippen LogP contribution in [0.3, 0.4) is 0 Å². The Morgan fingerprint density at radius 3 is 2.67 bits per heavy atom. The van der Waals surface area contributed by atoms with Crippen molar-refractivity contribution in [3.8, 4) is 11.1 Å².